The molecule has 0 spiro atoms. The summed E-state index contributed by atoms with van der Waals surface area (Å²) in [5, 5.41) is 3.07. The van der Waals surface area contributed by atoms with E-state index >= 15 is 0 Å². The molecule has 2 saturated carbocycles. The largest absolute Gasteiger partial charge is 0.335 e. The molecule has 2 amide bonds. The molecule has 2 aliphatic rings. The van der Waals surface area contributed by atoms with Gasteiger partial charge in [-0.1, -0.05) is 0 Å². The molecule has 0 radical (unpaired) electrons. The van der Waals surface area contributed by atoms with E-state index in [1.165, 1.54) is 25.7 Å². The highest BCUT2D eigenvalue weighted by Gasteiger charge is 2.42. The first-order valence-electron chi connectivity index (χ1n) is 5.16. The second-order valence-corrected chi connectivity index (χ2v) is 4.53. The van der Waals surface area contributed by atoms with Crippen molar-refractivity contribution < 1.29 is 4.79 Å². The van der Waals surface area contributed by atoms with Gasteiger partial charge in [0, 0.05) is 20.1 Å². The van der Waals surface area contributed by atoms with Gasteiger partial charge < -0.3 is 10.2 Å². The molecule has 0 heterocycles. The summed E-state index contributed by atoms with van der Waals surface area (Å²) in [6.45, 7) is 0. The lowest BCUT2D eigenvalue weighted by molar-refractivity contribution is 0.165. The van der Waals surface area contributed by atoms with Gasteiger partial charge in [0.25, 0.3) is 0 Å². The van der Waals surface area contributed by atoms with Gasteiger partial charge in [0.2, 0.25) is 0 Å². The summed E-state index contributed by atoms with van der Waals surface area (Å²) < 4.78 is 0. The molecule has 13 heavy (non-hydrogen) atoms. The Kier molecular flexibility index (Phi) is 2.18. The zero-order valence-electron chi connectivity index (χ0n) is 8.42. The van der Waals surface area contributed by atoms with Crippen molar-refractivity contribution in [2.24, 2.45) is 11.8 Å². The Morgan fingerprint density at radius 1 is 1.23 bits per heavy atom. The molecule has 2 rings (SSSR count). The van der Waals surface area contributed by atoms with Crippen molar-refractivity contribution >= 4 is 6.03 Å². The van der Waals surface area contributed by atoms with Gasteiger partial charge in [0.15, 0.2) is 0 Å². The molecule has 0 aromatic carbocycles. The highest BCUT2D eigenvalue weighted by Crippen LogP contribution is 2.46. The van der Waals surface area contributed by atoms with Crippen LogP contribution in [0.3, 0.4) is 0 Å². The van der Waals surface area contributed by atoms with E-state index in [1.54, 1.807) is 19.0 Å². The fraction of sp³-hybridized carbons (Fsp3) is 0.900. The van der Waals surface area contributed by atoms with E-state index in [-0.39, 0.29) is 6.03 Å². The van der Waals surface area contributed by atoms with Crippen LogP contribution < -0.4 is 5.32 Å². The van der Waals surface area contributed by atoms with Crippen molar-refractivity contribution in [2.45, 2.75) is 31.7 Å². The maximum atomic E-state index is 11.3. The average molecular weight is 182 g/mol. The molecule has 2 atom stereocenters. The third kappa shape index (κ3) is 1.79. The summed E-state index contributed by atoms with van der Waals surface area (Å²) >= 11 is 0. The highest BCUT2D eigenvalue weighted by atomic mass is 16.2. The topological polar surface area (TPSA) is 32.3 Å². The summed E-state index contributed by atoms with van der Waals surface area (Å²) in [5.74, 6) is 1.73. The minimum Gasteiger partial charge on any atom is -0.335 e. The van der Waals surface area contributed by atoms with Gasteiger partial charge >= 0.3 is 6.03 Å². The van der Waals surface area contributed by atoms with Crippen molar-refractivity contribution in [3.8, 4) is 0 Å². The lowest BCUT2D eigenvalue weighted by atomic mass is 9.76. The van der Waals surface area contributed by atoms with Crippen molar-refractivity contribution in [1.82, 2.24) is 10.2 Å². The van der Waals surface area contributed by atoms with Crippen LogP contribution in [-0.4, -0.2) is 31.1 Å². The van der Waals surface area contributed by atoms with Crippen LogP contribution in [0.15, 0.2) is 0 Å². The van der Waals surface area contributed by atoms with Crippen LogP contribution in [0, 0.1) is 11.8 Å². The van der Waals surface area contributed by atoms with Crippen LogP contribution in [0.2, 0.25) is 0 Å². The molecule has 3 heteroatoms. The van der Waals surface area contributed by atoms with E-state index in [0.717, 1.165) is 11.8 Å². The lowest BCUT2D eigenvalue weighted by Crippen LogP contribution is -2.50. The molecule has 0 aliphatic heterocycles. The fourth-order valence-corrected chi connectivity index (χ4v) is 2.08. The molecular weight excluding hydrogens is 164 g/mol. The maximum absolute atomic E-state index is 11.3. The van der Waals surface area contributed by atoms with Crippen LogP contribution in [0.25, 0.3) is 0 Å². The Morgan fingerprint density at radius 2 is 1.92 bits per heavy atom. The summed E-state index contributed by atoms with van der Waals surface area (Å²) in [7, 11) is 3.58. The predicted molar refractivity (Wildman–Crippen MR) is 51.5 cm³/mol. The highest BCUT2D eigenvalue weighted by molar-refractivity contribution is 5.74. The molecule has 3 nitrogen and oxygen atoms in total. The first-order chi connectivity index (χ1) is 6.18. The number of hydrogen-bond acceptors (Lipinski definition) is 1. The van der Waals surface area contributed by atoms with E-state index < -0.39 is 0 Å². The number of carbonyl (C=O) groups is 1. The van der Waals surface area contributed by atoms with Gasteiger partial charge in [-0.15, -0.1) is 0 Å². The number of carbonyl (C=O) groups excluding carboxylic acids is 1. The van der Waals surface area contributed by atoms with E-state index in [1.807, 2.05) is 0 Å². The summed E-state index contributed by atoms with van der Waals surface area (Å²) in [6.07, 6.45) is 5.28. The SMILES string of the molecule is CN(C)C(=O)NC1CCC1C1CC1. The van der Waals surface area contributed by atoms with Gasteiger partial charge in [-0.3, -0.25) is 0 Å². The fourth-order valence-electron chi connectivity index (χ4n) is 2.08. The van der Waals surface area contributed by atoms with Crippen molar-refractivity contribution in [3.63, 3.8) is 0 Å². The number of amides is 2. The van der Waals surface area contributed by atoms with Crippen molar-refractivity contribution in [1.29, 1.82) is 0 Å². The van der Waals surface area contributed by atoms with E-state index in [0.29, 0.717) is 6.04 Å². The van der Waals surface area contributed by atoms with E-state index in [4.69, 9.17) is 0 Å². The number of rotatable bonds is 2. The summed E-state index contributed by atoms with van der Waals surface area (Å²) in [4.78, 5) is 13.0. The molecule has 0 aromatic heterocycles. The molecule has 0 aromatic rings. The normalized spacial score (nSPS) is 32.2. The Hall–Kier alpha value is -0.730. The molecule has 0 saturated heterocycles. The zero-order chi connectivity index (χ0) is 9.42. The monoisotopic (exact) mass is 182 g/mol. The average Bonchev–Trinajstić information content (AvgIpc) is 2.81. The number of nitrogens with one attached hydrogen (secondary N) is 1. The molecule has 74 valence electrons. The van der Waals surface area contributed by atoms with Gasteiger partial charge in [-0.05, 0) is 37.5 Å². The third-order valence-corrected chi connectivity index (χ3v) is 3.27. The van der Waals surface area contributed by atoms with Crippen molar-refractivity contribution in [3.05, 3.63) is 0 Å². The van der Waals surface area contributed by atoms with Gasteiger partial charge in [0.05, 0.1) is 0 Å². The van der Waals surface area contributed by atoms with Crippen LogP contribution in [0.4, 0.5) is 4.79 Å². The predicted octanol–water partition coefficient (Wildman–Crippen LogP) is 1.45. The summed E-state index contributed by atoms with van der Waals surface area (Å²) in [5.41, 5.74) is 0. The standard InChI is InChI=1S/C10H18N2O/c1-12(2)10(13)11-9-6-5-8(9)7-3-4-7/h7-9H,3-6H2,1-2H3,(H,11,13). The lowest BCUT2D eigenvalue weighted by Gasteiger charge is -2.38. The Morgan fingerprint density at radius 3 is 2.31 bits per heavy atom. The molecule has 2 fully saturated rings. The van der Waals surface area contributed by atoms with Crippen LogP contribution in [-0.2, 0) is 0 Å². The molecule has 1 N–H and O–H groups in total. The summed E-state index contributed by atoms with van der Waals surface area (Å²) in [6, 6.07) is 0.540. The van der Waals surface area contributed by atoms with Crippen molar-refractivity contribution in [2.75, 3.05) is 14.1 Å². The Bertz CT molecular complexity index is 211. The van der Waals surface area contributed by atoms with Crippen LogP contribution >= 0.6 is 0 Å². The number of nitrogens with zero attached hydrogens (tertiary/aromatic N) is 1. The minimum atomic E-state index is 0.0651. The second kappa shape index (κ2) is 3.20. The quantitative estimate of drug-likeness (QED) is 0.688. The van der Waals surface area contributed by atoms with E-state index in [9.17, 15) is 4.79 Å². The van der Waals surface area contributed by atoms with Gasteiger partial charge in [-0.25, -0.2) is 4.79 Å². The molecule has 2 aliphatic carbocycles. The van der Waals surface area contributed by atoms with Crippen LogP contribution in [0.1, 0.15) is 25.7 Å². The molecular formula is C10H18N2O. The first-order valence-corrected chi connectivity index (χ1v) is 5.16. The zero-order valence-corrected chi connectivity index (χ0v) is 8.42. The number of urea groups is 1. The van der Waals surface area contributed by atoms with Gasteiger partial charge in [0.1, 0.15) is 0 Å². The first kappa shape index (κ1) is 8.85. The van der Waals surface area contributed by atoms with E-state index in [2.05, 4.69) is 5.32 Å². The Labute approximate surface area is 79.5 Å². The second-order valence-electron chi connectivity index (χ2n) is 4.53. The number of hydrogen-bond donors (Lipinski definition) is 1. The van der Waals surface area contributed by atoms with Crippen LogP contribution in [0.5, 0.6) is 0 Å². The van der Waals surface area contributed by atoms with Gasteiger partial charge in [-0.2, -0.15) is 0 Å². The molecule has 2 unspecified atom stereocenters. The minimum absolute atomic E-state index is 0.0651. The molecule has 0 bridgehead atoms. The third-order valence-electron chi connectivity index (χ3n) is 3.27. The maximum Gasteiger partial charge on any atom is 0.317 e. The Balaban J connectivity index is 1.78. The smallest absolute Gasteiger partial charge is 0.317 e.